The highest BCUT2D eigenvalue weighted by molar-refractivity contribution is 5.56. The van der Waals surface area contributed by atoms with Crippen molar-refractivity contribution in [3.05, 3.63) is 42.5 Å². The van der Waals surface area contributed by atoms with E-state index >= 15 is 0 Å². The molecule has 0 aromatic heterocycles. The van der Waals surface area contributed by atoms with Crippen LogP contribution in [0.4, 0.5) is 0 Å². The van der Waals surface area contributed by atoms with Gasteiger partial charge in [-0.05, 0) is 5.92 Å². The van der Waals surface area contributed by atoms with Gasteiger partial charge < -0.3 is 4.74 Å². The van der Waals surface area contributed by atoms with Crippen molar-refractivity contribution in [2.75, 3.05) is 6.61 Å². The van der Waals surface area contributed by atoms with Gasteiger partial charge in [-0.1, -0.05) is 50.8 Å². The Hall–Kier alpha value is -1.24. The summed E-state index contributed by atoms with van der Waals surface area (Å²) in [6.07, 6.45) is 0. The fraction of sp³-hybridized carbons (Fsp3) is 0.333. The molecule has 0 atom stereocenters. The lowest BCUT2D eigenvalue weighted by Gasteiger charge is -2.10. The molecule has 0 aliphatic heterocycles. The Morgan fingerprint density at radius 1 is 1.31 bits per heavy atom. The highest BCUT2D eigenvalue weighted by Crippen LogP contribution is 2.13. The van der Waals surface area contributed by atoms with Gasteiger partial charge in [-0.15, -0.1) is 0 Å². The van der Waals surface area contributed by atoms with Crippen LogP contribution in [-0.4, -0.2) is 6.61 Å². The maximum atomic E-state index is 5.50. The van der Waals surface area contributed by atoms with Gasteiger partial charge in [0.05, 0.1) is 6.61 Å². The first-order valence-electron chi connectivity index (χ1n) is 4.57. The van der Waals surface area contributed by atoms with Gasteiger partial charge in [-0.3, -0.25) is 0 Å². The monoisotopic (exact) mass is 176 g/mol. The fourth-order valence-corrected chi connectivity index (χ4v) is 0.975. The van der Waals surface area contributed by atoms with E-state index in [1.165, 1.54) is 0 Å². The van der Waals surface area contributed by atoms with E-state index in [4.69, 9.17) is 4.74 Å². The molecule has 0 aliphatic rings. The lowest BCUT2D eigenvalue weighted by Crippen LogP contribution is -2.00. The summed E-state index contributed by atoms with van der Waals surface area (Å²) in [6, 6.07) is 9.96. The van der Waals surface area contributed by atoms with Crippen LogP contribution in [0, 0.1) is 5.92 Å². The summed E-state index contributed by atoms with van der Waals surface area (Å²) in [7, 11) is 0. The van der Waals surface area contributed by atoms with Crippen LogP contribution in [0.25, 0.3) is 5.76 Å². The zero-order valence-corrected chi connectivity index (χ0v) is 8.29. The normalized spacial score (nSPS) is 10.1. The summed E-state index contributed by atoms with van der Waals surface area (Å²) in [5.74, 6) is 1.30. The quantitative estimate of drug-likeness (QED) is 0.639. The lowest BCUT2D eigenvalue weighted by atomic mass is 10.2. The average Bonchev–Trinajstić information content (AvgIpc) is 2.15. The molecular weight excluding hydrogens is 160 g/mol. The lowest BCUT2D eigenvalue weighted by molar-refractivity contribution is 0.236. The molecule has 0 heterocycles. The number of hydrogen-bond donors (Lipinski definition) is 0. The highest BCUT2D eigenvalue weighted by Gasteiger charge is 1.99. The Morgan fingerprint density at radius 2 is 1.92 bits per heavy atom. The van der Waals surface area contributed by atoms with Crippen LogP contribution in [0.3, 0.4) is 0 Å². The smallest absolute Gasteiger partial charge is 0.119 e. The van der Waals surface area contributed by atoms with E-state index in [0.29, 0.717) is 5.92 Å². The summed E-state index contributed by atoms with van der Waals surface area (Å²) >= 11 is 0. The first kappa shape index (κ1) is 9.85. The molecule has 0 amide bonds. The second-order valence-corrected chi connectivity index (χ2v) is 3.49. The van der Waals surface area contributed by atoms with Crippen LogP contribution in [0.1, 0.15) is 19.4 Å². The van der Waals surface area contributed by atoms with Crippen molar-refractivity contribution in [1.29, 1.82) is 0 Å². The van der Waals surface area contributed by atoms with Gasteiger partial charge in [-0.2, -0.15) is 0 Å². The minimum Gasteiger partial charge on any atom is -0.493 e. The van der Waals surface area contributed by atoms with E-state index in [1.807, 2.05) is 30.3 Å². The third-order valence-corrected chi connectivity index (χ3v) is 1.69. The Bertz CT molecular complexity index is 262. The van der Waals surface area contributed by atoms with Crippen molar-refractivity contribution in [2.45, 2.75) is 13.8 Å². The molecule has 0 radical (unpaired) electrons. The third kappa shape index (κ3) is 3.32. The van der Waals surface area contributed by atoms with Gasteiger partial charge in [0.1, 0.15) is 5.76 Å². The summed E-state index contributed by atoms with van der Waals surface area (Å²) in [5.41, 5.74) is 1.06. The topological polar surface area (TPSA) is 9.23 Å². The van der Waals surface area contributed by atoms with Crippen molar-refractivity contribution >= 4 is 5.76 Å². The second kappa shape index (κ2) is 4.70. The Balaban J connectivity index is 2.50. The largest absolute Gasteiger partial charge is 0.493 e. The second-order valence-electron chi connectivity index (χ2n) is 3.49. The first-order chi connectivity index (χ1) is 6.20. The summed E-state index contributed by atoms with van der Waals surface area (Å²) in [4.78, 5) is 0. The predicted molar refractivity (Wildman–Crippen MR) is 56.3 cm³/mol. The molecule has 0 spiro atoms. The fourth-order valence-electron chi connectivity index (χ4n) is 0.975. The van der Waals surface area contributed by atoms with Gasteiger partial charge in [-0.25, -0.2) is 0 Å². The van der Waals surface area contributed by atoms with Crippen LogP contribution < -0.4 is 0 Å². The minimum atomic E-state index is 0.542. The molecule has 0 bridgehead atoms. The van der Waals surface area contributed by atoms with Crippen LogP contribution in [0.5, 0.6) is 0 Å². The number of rotatable bonds is 4. The standard InChI is InChI=1S/C12H16O/c1-10(2)9-13-11(3)12-7-5-4-6-8-12/h4-8,10H,3,9H2,1-2H3. The predicted octanol–water partition coefficient (Wildman–Crippen LogP) is 3.33. The van der Waals surface area contributed by atoms with E-state index in [0.717, 1.165) is 17.9 Å². The average molecular weight is 176 g/mol. The molecule has 0 aliphatic carbocycles. The van der Waals surface area contributed by atoms with Gasteiger partial charge >= 0.3 is 0 Å². The number of hydrogen-bond acceptors (Lipinski definition) is 1. The van der Waals surface area contributed by atoms with Crippen molar-refractivity contribution in [3.63, 3.8) is 0 Å². The van der Waals surface area contributed by atoms with E-state index in [9.17, 15) is 0 Å². The van der Waals surface area contributed by atoms with Crippen LogP contribution in [0.2, 0.25) is 0 Å². The third-order valence-electron chi connectivity index (χ3n) is 1.69. The van der Waals surface area contributed by atoms with Crippen LogP contribution in [0.15, 0.2) is 36.9 Å². The molecule has 1 nitrogen and oxygen atoms in total. The van der Waals surface area contributed by atoms with Crippen molar-refractivity contribution in [1.82, 2.24) is 0 Å². The molecule has 1 heteroatoms. The van der Waals surface area contributed by atoms with Crippen LogP contribution in [-0.2, 0) is 4.74 Å². The van der Waals surface area contributed by atoms with Crippen molar-refractivity contribution in [3.8, 4) is 0 Å². The van der Waals surface area contributed by atoms with E-state index in [-0.39, 0.29) is 0 Å². The molecule has 13 heavy (non-hydrogen) atoms. The minimum absolute atomic E-state index is 0.542. The van der Waals surface area contributed by atoms with E-state index in [1.54, 1.807) is 0 Å². The first-order valence-corrected chi connectivity index (χ1v) is 4.57. The highest BCUT2D eigenvalue weighted by atomic mass is 16.5. The Morgan fingerprint density at radius 3 is 2.46 bits per heavy atom. The van der Waals surface area contributed by atoms with Crippen molar-refractivity contribution in [2.24, 2.45) is 5.92 Å². The summed E-state index contributed by atoms with van der Waals surface area (Å²) in [5, 5.41) is 0. The molecule has 1 aromatic carbocycles. The zero-order valence-electron chi connectivity index (χ0n) is 8.29. The van der Waals surface area contributed by atoms with Gasteiger partial charge in [0, 0.05) is 5.56 Å². The molecular formula is C12H16O. The molecule has 1 rings (SSSR count). The molecule has 0 saturated heterocycles. The molecule has 0 saturated carbocycles. The van der Waals surface area contributed by atoms with Crippen molar-refractivity contribution < 1.29 is 4.74 Å². The number of benzene rings is 1. The molecule has 1 aromatic rings. The van der Waals surface area contributed by atoms with E-state index < -0.39 is 0 Å². The molecule has 0 fully saturated rings. The zero-order chi connectivity index (χ0) is 9.68. The van der Waals surface area contributed by atoms with Crippen LogP contribution >= 0.6 is 0 Å². The van der Waals surface area contributed by atoms with Gasteiger partial charge in [0.2, 0.25) is 0 Å². The maximum absolute atomic E-state index is 5.50. The SMILES string of the molecule is C=C(OCC(C)C)c1ccccc1. The molecule has 0 N–H and O–H groups in total. The summed E-state index contributed by atoms with van der Waals surface area (Å²) < 4.78 is 5.50. The molecule has 0 unspecified atom stereocenters. The maximum Gasteiger partial charge on any atom is 0.119 e. The Kier molecular flexibility index (Phi) is 3.56. The van der Waals surface area contributed by atoms with Gasteiger partial charge in [0.15, 0.2) is 0 Å². The summed E-state index contributed by atoms with van der Waals surface area (Å²) in [6.45, 7) is 8.85. The van der Waals surface area contributed by atoms with E-state index in [2.05, 4.69) is 20.4 Å². The van der Waals surface area contributed by atoms with Gasteiger partial charge in [0.25, 0.3) is 0 Å². The Labute approximate surface area is 80.0 Å². The molecule has 70 valence electrons. The number of ether oxygens (including phenoxy) is 1.